The van der Waals surface area contributed by atoms with E-state index in [1.165, 1.54) is 31.0 Å². The van der Waals surface area contributed by atoms with E-state index in [0.717, 1.165) is 58.6 Å². The lowest BCUT2D eigenvalue weighted by atomic mass is 9.95. The van der Waals surface area contributed by atoms with Gasteiger partial charge in [-0.05, 0) is 50.5 Å². The minimum absolute atomic E-state index is 0.0929. The van der Waals surface area contributed by atoms with Crippen LogP contribution < -0.4 is 5.32 Å². The number of aromatic nitrogens is 6. The van der Waals surface area contributed by atoms with Gasteiger partial charge in [0.15, 0.2) is 16.6 Å². The first-order valence-corrected chi connectivity index (χ1v) is 14.5. The van der Waals surface area contributed by atoms with Crippen LogP contribution in [0.15, 0.2) is 53.7 Å². The van der Waals surface area contributed by atoms with Crippen LogP contribution in [-0.2, 0) is 17.8 Å². The molecule has 0 saturated heterocycles. The van der Waals surface area contributed by atoms with Gasteiger partial charge in [-0.1, -0.05) is 62.2 Å². The molecule has 1 N–H and O–H groups in total. The fourth-order valence-corrected chi connectivity index (χ4v) is 6.41. The largest absolute Gasteiger partial charge is 0.352 e. The summed E-state index contributed by atoms with van der Waals surface area (Å²) < 4.78 is 4.05. The van der Waals surface area contributed by atoms with Crippen molar-refractivity contribution in [3.8, 4) is 0 Å². The van der Waals surface area contributed by atoms with Gasteiger partial charge in [0.05, 0.1) is 21.8 Å². The third kappa shape index (κ3) is 4.87. The zero-order chi connectivity index (χ0) is 26.1. The molecule has 0 aliphatic heterocycles. The zero-order valence-electron chi connectivity index (χ0n) is 21.9. The Morgan fingerprint density at radius 1 is 1.03 bits per heavy atom. The van der Waals surface area contributed by atoms with E-state index in [2.05, 4.69) is 27.9 Å². The van der Waals surface area contributed by atoms with Gasteiger partial charge in [-0.3, -0.25) is 4.79 Å². The highest BCUT2D eigenvalue weighted by Gasteiger charge is 2.25. The molecule has 1 amide bonds. The van der Waals surface area contributed by atoms with Crippen LogP contribution >= 0.6 is 11.8 Å². The number of fused-ring (bicyclic) bond motifs is 4. The van der Waals surface area contributed by atoms with Crippen molar-refractivity contribution < 1.29 is 4.79 Å². The second kappa shape index (κ2) is 10.7. The number of thioether (sulfide) groups is 1. The van der Waals surface area contributed by atoms with Crippen molar-refractivity contribution in [1.29, 1.82) is 0 Å². The van der Waals surface area contributed by atoms with E-state index >= 15 is 0 Å². The Bertz CT molecular complexity index is 1600. The summed E-state index contributed by atoms with van der Waals surface area (Å²) in [5.41, 5.74) is 3.76. The Morgan fingerprint density at radius 2 is 1.79 bits per heavy atom. The number of carbonyl (C=O) groups excluding carboxylic acids is 1. The number of hydrogen-bond donors (Lipinski definition) is 1. The highest BCUT2D eigenvalue weighted by Crippen LogP contribution is 2.29. The van der Waals surface area contributed by atoms with Gasteiger partial charge < -0.3 is 9.88 Å². The van der Waals surface area contributed by atoms with Crippen LogP contribution in [0.5, 0.6) is 0 Å². The van der Waals surface area contributed by atoms with E-state index in [9.17, 15) is 4.79 Å². The summed E-state index contributed by atoms with van der Waals surface area (Å²) in [7, 11) is 0. The fraction of sp³-hybridized carbons (Fsp3) is 0.414. The quantitative estimate of drug-likeness (QED) is 0.212. The van der Waals surface area contributed by atoms with E-state index in [-0.39, 0.29) is 17.2 Å². The van der Waals surface area contributed by atoms with Crippen molar-refractivity contribution in [1.82, 2.24) is 34.4 Å². The maximum atomic E-state index is 13.2. The molecule has 9 heteroatoms. The van der Waals surface area contributed by atoms with Gasteiger partial charge in [0.1, 0.15) is 5.82 Å². The molecule has 38 heavy (non-hydrogen) atoms. The SMILES string of the molecule is CC[C@H](Sc1nc2ccccc2c2nc(CCn3c(C)nc4ccccc43)nn12)C(=O)NC1CCCCC1. The van der Waals surface area contributed by atoms with E-state index < -0.39 is 0 Å². The standard InChI is InChI=1S/C29H33N7OS/c1-3-25(28(37)31-20-11-5-4-6-12-20)38-29-32-22-14-8-7-13-21(22)27-33-26(34-36(27)29)17-18-35-19(2)30-23-15-9-10-16-24(23)35/h7-10,13-16,20,25H,3-6,11-12,17-18H2,1-2H3,(H,31,37)/t25-/m0/s1. The van der Waals surface area contributed by atoms with Crippen LogP contribution in [0.4, 0.5) is 0 Å². The average molecular weight is 528 g/mol. The van der Waals surface area contributed by atoms with E-state index in [1.54, 1.807) is 0 Å². The number of amides is 1. The summed E-state index contributed by atoms with van der Waals surface area (Å²) in [6.45, 7) is 4.83. The maximum Gasteiger partial charge on any atom is 0.233 e. The highest BCUT2D eigenvalue weighted by atomic mass is 32.2. The molecule has 1 atom stereocenters. The number of rotatable bonds is 8. The van der Waals surface area contributed by atoms with Crippen LogP contribution in [0.25, 0.3) is 27.6 Å². The van der Waals surface area contributed by atoms with Gasteiger partial charge in [0.2, 0.25) is 5.91 Å². The van der Waals surface area contributed by atoms with Crippen molar-refractivity contribution in [2.45, 2.75) is 81.8 Å². The molecule has 1 fully saturated rings. The predicted molar refractivity (Wildman–Crippen MR) is 151 cm³/mol. The topological polar surface area (TPSA) is 90.0 Å². The fourth-order valence-electron chi connectivity index (χ4n) is 5.44. The molecule has 2 aromatic carbocycles. The number of nitrogens with one attached hydrogen (secondary N) is 1. The normalized spacial score (nSPS) is 15.4. The predicted octanol–water partition coefficient (Wildman–Crippen LogP) is 5.50. The first-order chi connectivity index (χ1) is 18.6. The molecule has 1 saturated carbocycles. The number of carbonyl (C=O) groups is 1. The van der Waals surface area contributed by atoms with Crippen LogP contribution in [-0.4, -0.2) is 46.3 Å². The van der Waals surface area contributed by atoms with Crippen molar-refractivity contribution in [2.75, 3.05) is 0 Å². The third-order valence-corrected chi connectivity index (χ3v) is 8.77. The Labute approximate surface area is 226 Å². The first-order valence-electron chi connectivity index (χ1n) is 13.6. The number of nitrogens with zero attached hydrogens (tertiary/aromatic N) is 6. The summed E-state index contributed by atoms with van der Waals surface area (Å²) in [6, 6.07) is 16.5. The van der Waals surface area contributed by atoms with Crippen LogP contribution in [0.1, 0.15) is 57.1 Å². The minimum Gasteiger partial charge on any atom is -0.352 e. The van der Waals surface area contributed by atoms with E-state index in [4.69, 9.17) is 15.1 Å². The Hall–Kier alpha value is -3.46. The van der Waals surface area contributed by atoms with Gasteiger partial charge in [0, 0.05) is 24.4 Å². The third-order valence-electron chi connectivity index (χ3n) is 7.46. The summed E-state index contributed by atoms with van der Waals surface area (Å²) in [4.78, 5) is 27.8. The molecule has 5 aromatic rings. The number of imidazole rings is 1. The minimum atomic E-state index is -0.235. The summed E-state index contributed by atoms with van der Waals surface area (Å²) in [6.07, 6.45) is 7.18. The molecular formula is C29H33N7OS. The number of hydrogen-bond acceptors (Lipinski definition) is 6. The van der Waals surface area contributed by atoms with Crippen molar-refractivity contribution >= 4 is 45.3 Å². The van der Waals surface area contributed by atoms with E-state index in [0.29, 0.717) is 18.0 Å². The molecule has 0 spiro atoms. The van der Waals surface area contributed by atoms with Gasteiger partial charge in [0.25, 0.3) is 0 Å². The molecule has 0 bridgehead atoms. The van der Waals surface area contributed by atoms with Crippen LogP contribution in [0.3, 0.4) is 0 Å². The van der Waals surface area contributed by atoms with Crippen LogP contribution in [0.2, 0.25) is 0 Å². The Balaban J connectivity index is 1.30. The lowest BCUT2D eigenvalue weighted by molar-refractivity contribution is -0.121. The molecule has 3 heterocycles. The highest BCUT2D eigenvalue weighted by molar-refractivity contribution is 8.00. The van der Waals surface area contributed by atoms with Crippen molar-refractivity contribution in [3.05, 3.63) is 60.2 Å². The number of benzene rings is 2. The maximum absolute atomic E-state index is 13.2. The zero-order valence-corrected chi connectivity index (χ0v) is 22.7. The molecule has 196 valence electrons. The lowest BCUT2D eigenvalue weighted by Crippen LogP contribution is -2.41. The van der Waals surface area contributed by atoms with Crippen LogP contribution in [0, 0.1) is 6.92 Å². The van der Waals surface area contributed by atoms with Gasteiger partial charge >= 0.3 is 0 Å². The van der Waals surface area contributed by atoms with Crippen molar-refractivity contribution in [2.24, 2.45) is 0 Å². The molecule has 1 aliphatic carbocycles. The monoisotopic (exact) mass is 527 g/mol. The molecule has 1 aliphatic rings. The Kier molecular flexibility index (Phi) is 7.02. The molecule has 3 aromatic heterocycles. The average Bonchev–Trinajstić information content (AvgIpc) is 3.51. The first kappa shape index (κ1) is 24.9. The molecule has 6 rings (SSSR count). The van der Waals surface area contributed by atoms with Gasteiger partial charge in [-0.2, -0.15) is 4.52 Å². The molecular weight excluding hydrogens is 494 g/mol. The smallest absolute Gasteiger partial charge is 0.233 e. The summed E-state index contributed by atoms with van der Waals surface area (Å²) >= 11 is 1.49. The second-order valence-corrected chi connectivity index (χ2v) is 11.3. The number of para-hydroxylation sites is 3. The summed E-state index contributed by atoms with van der Waals surface area (Å²) in [5.74, 6) is 1.82. The number of aryl methyl sites for hydroxylation is 3. The molecule has 0 unspecified atom stereocenters. The lowest BCUT2D eigenvalue weighted by Gasteiger charge is -2.25. The second-order valence-electron chi connectivity index (χ2n) is 10.1. The Morgan fingerprint density at radius 3 is 2.61 bits per heavy atom. The molecule has 0 radical (unpaired) electrons. The van der Waals surface area contributed by atoms with Gasteiger partial charge in [-0.15, -0.1) is 5.10 Å². The van der Waals surface area contributed by atoms with Crippen molar-refractivity contribution in [3.63, 3.8) is 0 Å². The molecule has 8 nitrogen and oxygen atoms in total. The summed E-state index contributed by atoms with van der Waals surface area (Å²) in [5, 5.41) is 9.61. The van der Waals surface area contributed by atoms with E-state index in [1.807, 2.05) is 53.9 Å². The van der Waals surface area contributed by atoms with Gasteiger partial charge in [-0.25, -0.2) is 15.0 Å².